The second-order valence-corrected chi connectivity index (χ2v) is 5.19. The van der Waals surface area contributed by atoms with Crippen LogP contribution >= 0.6 is 0 Å². The second kappa shape index (κ2) is 7.24. The third-order valence-electron chi connectivity index (χ3n) is 3.55. The van der Waals surface area contributed by atoms with Gasteiger partial charge in [-0.3, -0.25) is 0 Å². The Labute approximate surface area is 102 Å². The van der Waals surface area contributed by atoms with E-state index in [4.69, 9.17) is 0 Å². The molecule has 0 spiro atoms. The van der Waals surface area contributed by atoms with Crippen LogP contribution in [0.3, 0.4) is 0 Å². The molecule has 0 amide bonds. The molecule has 0 bridgehead atoms. The molecular weight excluding hydrogens is 227 g/mol. The first-order valence-electron chi connectivity index (χ1n) is 6.81. The fourth-order valence-corrected chi connectivity index (χ4v) is 2.64. The average Bonchev–Trinajstić information content (AvgIpc) is 2.73. The Morgan fingerprint density at radius 2 is 1.88 bits per heavy atom. The molecule has 1 nitrogen and oxygen atoms in total. The summed E-state index contributed by atoms with van der Waals surface area (Å²) < 4.78 is 36.7. The summed E-state index contributed by atoms with van der Waals surface area (Å²) in [6, 6.07) is 0.0553. The van der Waals surface area contributed by atoms with Crippen molar-refractivity contribution in [3.63, 3.8) is 0 Å². The molecular formula is C13H24F3N. The zero-order chi connectivity index (χ0) is 12.7. The van der Waals surface area contributed by atoms with E-state index in [1.807, 2.05) is 6.92 Å². The van der Waals surface area contributed by atoms with Crippen LogP contribution in [0.5, 0.6) is 0 Å². The van der Waals surface area contributed by atoms with E-state index in [0.717, 1.165) is 19.4 Å². The summed E-state index contributed by atoms with van der Waals surface area (Å²) in [5.74, 6) is 0.651. The van der Waals surface area contributed by atoms with E-state index in [2.05, 4.69) is 5.32 Å². The zero-order valence-electron chi connectivity index (χ0n) is 10.7. The van der Waals surface area contributed by atoms with Gasteiger partial charge >= 0.3 is 6.18 Å². The van der Waals surface area contributed by atoms with Crippen LogP contribution in [0.1, 0.15) is 58.3 Å². The topological polar surface area (TPSA) is 12.0 Å². The van der Waals surface area contributed by atoms with E-state index >= 15 is 0 Å². The van der Waals surface area contributed by atoms with Crippen LogP contribution in [-0.2, 0) is 0 Å². The predicted octanol–water partition coefficient (Wildman–Crippen LogP) is 4.28. The zero-order valence-corrected chi connectivity index (χ0v) is 10.7. The molecule has 0 heterocycles. The van der Waals surface area contributed by atoms with Crippen molar-refractivity contribution in [3.8, 4) is 0 Å². The highest BCUT2D eigenvalue weighted by atomic mass is 19.4. The summed E-state index contributed by atoms with van der Waals surface area (Å²) in [6.45, 7) is 2.87. The minimum absolute atomic E-state index is 0.0553. The third-order valence-corrected chi connectivity index (χ3v) is 3.55. The SMILES string of the molecule is CCCNC(CCC(F)(F)F)CC1CCCC1. The molecule has 0 saturated heterocycles. The lowest BCUT2D eigenvalue weighted by molar-refractivity contribution is -0.136. The van der Waals surface area contributed by atoms with Gasteiger partial charge in [0.2, 0.25) is 0 Å². The van der Waals surface area contributed by atoms with Gasteiger partial charge in [0.15, 0.2) is 0 Å². The molecule has 0 aliphatic heterocycles. The summed E-state index contributed by atoms with van der Waals surface area (Å²) in [7, 11) is 0. The number of halogens is 3. The van der Waals surface area contributed by atoms with Crippen molar-refractivity contribution in [2.24, 2.45) is 5.92 Å². The van der Waals surface area contributed by atoms with Crippen molar-refractivity contribution in [1.29, 1.82) is 0 Å². The lowest BCUT2D eigenvalue weighted by atomic mass is 9.95. The Kier molecular flexibility index (Phi) is 6.31. The molecule has 4 heteroatoms. The van der Waals surface area contributed by atoms with Gasteiger partial charge in [0, 0.05) is 12.5 Å². The van der Waals surface area contributed by atoms with Gasteiger partial charge in [-0.1, -0.05) is 32.6 Å². The number of hydrogen-bond donors (Lipinski definition) is 1. The summed E-state index contributed by atoms with van der Waals surface area (Å²) in [5, 5.41) is 3.27. The van der Waals surface area contributed by atoms with Crippen molar-refractivity contribution in [2.45, 2.75) is 70.5 Å². The molecule has 0 aromatic rings. The maximum Gasteiger partial charge on any atom is 0.389 e. The minimum Gasteiger partial charge on any atom is -0.314 e. The summed E-state index contributed by atoms with van der Waals surface area (Å²) in [4.78, 5) is 0. The van der Waals surface area contributed by atoms with Gasteiger partial charge in [-0.25, -0.2) is 0 Å². The first-order chi connectivity index (χ1) is 8.01. The molecule has 0 aromatic heterocycles. The van der Waals surface area contributed by atoms with E-state index < -0.39 is 12.6 Å². The van der Waals surface area contributed by atoms with Gasteiger partial charge in [-0.15, -0.1) is 0 Å². The molecule has 0 radical (unpaired) electrons. The molecule has 1 unspecified atom stereocenters. The average molecular weight is 251 g/mol. The fourth-order valence-electron chi connectivity index (χ4n) is 2.64. The molecule has 17 heavy (non-hydrogen) atoms. The Morgan fingerprint density at radius 3 is 2.41 bits per heavy atom. The maximum atomic E-state index is 12.2. The van der Waals surface area contributed by atoms with E-state index in [1.165, 1.54) is 25.7 Å². The third kappa shape index (κ3) is 6.92. The maximum absolute atomic E-state index is 12.2. The molecule has 1 rings (SSSR count). The highest BCUT2D eigenvalue weighted by Crippen LogP contribution is 2.31. The number of nitrogens with one attached hydrogen (secondary N) is 1. The molecule has 102 valence electrons. The monoisotopic (exact) mass is 251 g/mol. The molecule has 1 saturated carbocycles. The van der Waals surface area contributed by atoms with Crippen LogP contribution in [0.4, 0.5) is 13.2 Å². The largest absolute Gasteiger partial charge is 0.389 e. The van der Waals surface area contributed by atoms with Gasteiger partial charge in [0.25, 0.3) is 0 Å². The van der Waals surface area contributed by atoms with E-state index in [9.17, 15) is 13.2 Å². The summed E-state index contributed by atoms with van der Waals surface area (Å²) in [5.41, 5.74) is 0. The van der Waals surface area contributed by atoms with Crippen molar-refractivity contribution < 1.29 is 13.2 Å². The fraction of sp³-hybridized carbons (Fsp3) is 1.00. The van der Waals surface area contributed by atoms with Crippen molar-refractivity contribution in [1.82, 2.24) is 5.32 Å². The first kappa shape index (κ1) is 14.8. The van der Waals surface area contributed by atoms with Crippen LogP contribution in [0, 0.1) is 5.92 Å². The van der Waals surface area contributed by atoms with Crippen LogP contribution in [0.15, 0.2) is 0 Å². The normalized spacial score (nSPS) is 19.8. The molecule has 1 aliphatic carbocycles. The smallest absolute Gasteiger partial charge is 0.314 e. The Bertz CT molecular complexity index is 197. The first-order valence-corrected chi connectivity index (χ1v) is 6.81. The summed E-state index contributed by atoms with van der Waals surface area (Å²) in [6.07, 6.45) is 2.40. The molecule has 0 aromatic carbocycles. The summed E-state index contributed by atoms with van der Waals surface area (Å²) >= 11 is 0. The van der Waals surface area contributed by atoms with E-state index in [0.29, 0.717) is 5.92 Å². The number of alkyl halides is 3. The predicted molar refractivity (Wildman–Crippen MR) is 63.9 cm³/mol. The van der Waals surface area contributed by atoms with Gasteiger partial charge < -0.3 is 5.32 Å². The Hall–Kier alpha value is -0.250. The number of hydrogen-bond acceptors (Lipinski definition) is 1. The quantitative estimate of drug-likeness (QED) is 0.712. The highest BCUT2D eigenvalue weighted by Gasteiger charge is 2.29. The Balaban J connectivity index is 2.30. The van der Waals surface area contributed by atoms with E-state index in [-0.39, 0.29) is 12.5 Å². The van der Waals surface area contributed by atoms with Crippen molar-refractivity contribution >= 4 is 0 Å². The standard InChI is InChI=1S/C13H24F3N/c1-2-9-17-12(7-8-13(14,15)16)10-11-5-3-4-6-11/h11-12,17H,2-10H2,1H3. The number of rotatable bonds is 7. The van der Waals surface area contributed by atoms with Crippen LogP contribution in [0.25, 0.3) is 0 Å². The minimum atomic E-state index is -4.01. The second-order valence-electron chi connectivity index (χ2n) is 5.19. The van der Waals surface area contributed by atoms with Gasteiger partial charge in [-0.2, -0.15) is 13.2 Å². The highest BCUT2D eigenvalue weighted by molar-refractivity contribution is 4.76. The van der Waals surface area contributed by atoms with Gasteiger partial charge in [0.1, 0.15) is 0 Å². The molecule has 1 N–H and O–H groups in total. The van der Waals surface area contributed by atoms with Crippen LogP contribution < -0.4 is 5.32 Å². The van der Waals surface area contributed by atoms with Gasteiger partial charge in [0.05, 0.1) is 0 Å². The van der Waals surface area contributed by atoms with Crippen LogP contribution in [-0.4, -0.2) is 18.8 Å². The van der Waals surface area contributed by atoms with Gasteiger partial charge in [-0.05, 0) is 31.7 Å². The molecule has 1 aliphatic rings. The van der Waals surface area contributed by atoms with Crippen LogP contribution in [0.2, 0.25) is 0 Å². The molecule has 1 atom stereocenters. The van der Waals surface area contributed by atoms with Crippen molar-refractivity contribution in [2.75, 3.05) is 6.54 Å². The lowest BCUT2D eigenvalue weighted by Crippen LogP contribution is -2.32. The Morgan fingerprint density at radius 1 is 1.24 bits per heavy atom. The molecule has 1 fully saturated rings. The lowest BCUT2D eigenvalue weighted by Gasteiger charge is -2.22. The van der Waals surface area contributed by atoms with Crippen molar-refractivity contribution in [3.05, 3.63) is 0 Å². The van der Waals surface area contributed by atoms with E-state index in [1.54, 1.807) is 0 Å².